The van der Waals surface area contributed by atoms with Crippen molar-refractivity contribution < 1.29 is 19.4 Å². The monoisotopic (exact) mass is 437 g/mol. The number of amides is 1. The molecule has 4 rings (SSSR count). The van der Waals surface area contributed by atoms with Crippen LogP contribution in [0.2, 0.25) is 5.02 Å². The predicted octanol–water partition coefficient (Wildman–Crippen LogP) is 5.24. The molecule has 0 unspecified atom stereocenters. The molecule has 5 nitrogen and oxygen atoms in total. The van der Waals surface area contributed by atoms with Crippen LogP contribution in [0.15, 0.2) is 60.7 Å². The van der Waals surface area contributed by atoms with E-state index in [2.05, 4.69) is 17.4 Å². The van der Waals surface area contributed by atoms with Gasteiger partial charge in [0.05, 0.1) is 12.2 Å². The van der Waals surface area contributed by atoms with Gasteiger partial charge in [-0.05, 0) is 43.7 Å². The zero-order valence-corrected chi connectivity index (χ0v) is 17.8. The standard InChI is InChI=1S/C25H24ClNO4/c26-21-16-20(23(28)27-25(24(29)30)13-7-14-25)22(19-12-5-4-11-18(19)21)31-15-6-10-17-8-2-1-3-9-17/h1-5,8-9,11-12,16H,6-7,10,13-15H2,(H,27,28)(H,29,30). The molecule has 0 bridgehead atoms. The molecule has 1 aliphatic carbocycles. The number of carboxylic acids is 1. The molecule has 1 saturated carbocycles. The van der Waals surface area contributed by atoms with Gasteiger partial charge in [0.2, 0.25) is 0 Å². The maximum Gasteiger partial charge on any atom is 0.329 e. The lowest BCUT2D eigenvalue weighted by Gasteiger charge is -2.38. The van der Waals surface area contributed by atoms with E-state index in [9.17, 15) is 14.7 Å². The van der Waals surface area contributed by atoms with Crippen molar-refractivity contribution in [2.45, 2.75) is 37.6 Å². The summed E-state index contributed by atoms with van der Waals surface area (Å²) in [6.45, 7) is 0.422. The quantitative estimate of drug-likeness (QED) is 0.472. The number of nitrogens with one attached hydrogen (secondary N) is 1. The van der Waals surface area contributed by atoms with Crippen LogP contribution >= 0.6 is 11.6 Å². The Morgan fingerprint density at radius 1 is 1.03 bits per heavy atom. The molecule has 0 aliphatic heterocycles. The molecule has 2 N–H and O–H groups in total. The van der Waals surface area contributed by atoms with E-state index >= 15 is 0 Å². The van der Waals surface area contributed by atoms with E-state index < -0.39 is 17.4 Å². The first-order valence-corrected chi connectivity index (χ1v) is 10.8. The molecule has 0 atom stereocenters. The number of aryl methyl sites for hydroxylation is 1. The molecule has 6 heteroatoms. The van der Waals surface area contributed by atoms with Gasteiger partial charge in [-0.3, -0.25) is 4.79 Å². The number of benzene rings is 3. The molecule has 0 saturated heterocycles. The number of rotatable bonds is 8. The first-order chi connectivity index (χ1) is 15.0. The van der Waals surface area contributed by atoms with Gasteiger partial charge in [-0.25, -0.2) is 4.79 Å². The second-order valence-corrected chi connectivity index (χ2v) is 8.32. The smallest absolute Gasteiger partial charge is 0.329 e. The van der Waals surface area contributed by atoms with Crippen molar-refractivity contribution in [3.8, 4) is 5.75 Å². The van der Waals surface area contributed by atoms with Crippen LogP contribution in [0.3, 0.4) is 0 Å². The van der Waals surface area contributed by atoms with Gasteiger partial charge in [0, 0.05) is 15.8 Å². The third kappa shape index (κ3) is 4.37. The van der Waals surface area contributed by atoms with Crippen LogP contribution in [0.5, 0.6) is 5.75 Å². The molecule has 0 spiro atoms. The molecular formula is C25H24ClNO4. The van der Waals surface area contributed by atoms with Crippen LogP contribution in [-0.2, 0) is 11.2 Å². The number of aliphatic carboxylic acids is 1. The van der Waals surface area contributed by atoms with Crippen molar-refractivity contribution in [2.75, 3.05) is 6.61 Å². The van der Waals surface area contributed by atoms with Crippen LogP contribution in [0.4, 0.5) is 0 Å². The summed E-state index contributed by atoms with van der Waals surface area (Å²) in [5, 5.41) is 14.2. The van der Waals surface area contributed by atoms with Gasteiger partial charge in [-0.1, -0.05) is 66.2 Å². The second-order valence-electron chi connectivity index (χ2n) is 7.91. The molecule has 3 aromatic carbocycles. The number of hydrogen-bond acceptors (Lipinski definition) is 3. The molecule has 1 aliphatic rings. The largest absolute Gasteiger partial charge is 0.492 e. The lowest BCUT2D eigenvalue weighted by Crippen LogP contribution is -2.59. The molecule has 3 aromatic rings. The Bertz CT molecular complexity index is 1110. The van der Waals surface area contributed by atoms with Gasteiger partial charge in [-0.2, -0.15) is 0 Å². The van der Waals surface area contributed by atoms with Crippen molar-refractivity contribution in [1.82, 2.24) is 5.32 Å². The van der Waals surface area contributed by atoms with E-state index in [1.54, 1.807) is 6.07 Å². The van der Waals surface area contributed by atoms with Gasteiger partial charge < -0.3 is 15.2 Å². The Kier molecular flexibility index (Phi) is 6.14. The summed E-state index contributed by atoms with van der Waals surface area (Å²) in [7, 11) is 0. The van der Waals surface area contributed by atoms with Gasteiger partial charge in [0.25, 0.3) is 5.91 Å². The van der Waals surface area contributed by atoms with Crippen molar-refractivity contribution in [3.63, 3.8) is 0 Å². The summed E-state index contributed by atoms with van der Waals surface area (Å²) >= 11 is 6.45. The van der Waals surface area contributed by atoms with Gasteiger partial charge >= 0.3 is 5.97 Å². The molecule has 1 amide bonds. The lowest BCUT2D eigenvalue weighted by molar-refractivity contribution is -0.148. The van der Waals surface area contributed by atoms with Gasteiger partial charge in [0.1, 0.15) is 11.3 Å². The average Bonchev–Trinajstić information content (AvgIpc) is 2.75. The van der Waals surface area contributed by atoms with Crippen LogP contribution in [0.25, 0.3) is 10.8 Å². The highest BCUT2D eigenvalue weighted by Crippen LogP contribution is 2.37. The number of carbonyl (C=O) groups excluding carboxylic acids is 1. The van der Waals surface area contributed by atoms with Crippen molar-refractivity contribution >= 4 is 34.2 Å². The molecule has 0 aromatic heterocycles. The SMILES string of the molecule is O=C(NC1(C(=O)O)CCC1)c1cc(Cl)c2ccccc2c1OCCCc1ccccc1. The Morgan fingerprint density at radius 2 is 1.71 bits per heavy atom. The zero-order chi connectivity index (χ0) is 21.8. The Labute approximate surface area is 186 Å². The topological polar surface area (TPSA) is 75.6 Å². The third-order valence-electron chi connectivity index (χ3n) is 5.86. The minimum absolute atomic E-state index is 0.260. The fourth-order valence-corrected chi connectivity index (χ4v) is 4.21. The maximum atomic E-state index is 13.1. The summed E-state index contributed by atoms with van der Waals surface area (Å²) in [6, 6.07) is 19.2. The summed E-state index contributed by atoms with van der Waals surface area (Å²) in [6.07, 6.45) is 3.25. The lowest BCUT2D eigenvalue weighted by atomic mass is 9.76. The number of hydrogen-bond donors (Lipinski definition) is 2. The van der Waals surface area contributed by atoms with Crippen LogP contribution in [0, 0.1) is 0 Å². The molecule has 1 fully saturated rings. The van der Waals surface area contributed by atoms with E-state index in [1.165, 1.54) is 5.56 Å². The zero-order valence-electron chi connectivity index (χ0n) is 17.1. The normalized spacial score (nSPS) is 14.6. The highest BCUT2D eigenvalue weighted by molar-refractivity contribution is 6.36. The number of ether oxygens (including phenoxy) is 1. The van der Waals surface area contributed by atoms with E-state index in [-0.39, 0.29) is 5.56 Å². The Balaban J connectivity index is 1.59. The van der Waals surface area contributed by atoms with Crippen LogP contribution in [-0.4, -0.2) is 29.1 Å². The minimum atomic E-state index is -1.21. The Hall–Kier alpha value is -3.05. The highest BCUT2D eigenvalue weighted by atomic mass is 35.5. The number of halogens is 1. The number of carbonyl (C=O) groups is 2. The average molecular weight is 438 g/mol. The minimum Gasteiger partial charge on any atom is -0.492 e. The summed E-state index contributed by atoms with van der Waals surface area (Å²) < 4.78 is 6.11. The highest BCUT2D eigenvalue weighted by Gasteiger charge is 2.46. The maximum absolute atomic E-state index is 13.1. The van der Waals surface area contributed by atoms with Crippen molar-refractivity contribution in [3.05, 3.63) is 76.8 Å². The third-order valence-corrected chi connectivity index (χ3v) is 6.17. The first kappa shape index (κ1) is 21.2. The van der Waals surface area contributed by atoms with E-state index in [0.717, 1.165) is 30.0 Å². The molecule has 0 radical (unpaired) electrons. The predicted molar refractivity (Wildman–Crippen MR) is 121 cm³/mol. The molecule has 0 heterocycles. The molecule has 31 heavy (non-hydrogen) atoms. The van der Waals surface area contributed by atoms with Crippen molar-refractivity contribution in [2.24, 2.45) is 0 Å². The van der Waals surface area contributed by atoms with E-state index in [4.69, 9.17) is 16.3 Å². The summed E-state index contributed by atoms with van der Waals surface area (Å²) in [5.74, 6) is -1.05. The Morgan fingerprint density at radius 3 is 2.35 bits per heavy atom. The molecular weight excluding hydrogens is 414 g/mol. The fraction of sp³-hybridized carbons (Fsp3) is 0.280. The summed E-state index contributed by atoms with van der Waals surface area (Å²) in [4.78, 5) is 24.8. The fourth-order valence-electron chi connectivity index (χ4n) is 3.93. The first-order valence-electron chi connectivity index (χ1n) is 10.4. The summed E-state index contributed by atoms with van der Waals surface area (Å²) in [5.41, 5.74) is 0.272. The van der Waals surface area contributed by atoms with Gasteiger partial charge in [0.15, 0.2) is 0 Å². The molecule has 160 valence electrons. The van der Waals surface area contributed by atoms with Crippen LogP contribution in [0.1, 0.15) is 41.6 Å². The second kappa shape index (κ2) is 8.98. The van der Waals surface area contributed by atoms with E-state index in [1.807, 2.05) is 42.5 Å². The van der Waals surface area contributed by atoms with Crippen molar-refractivity contribution in [1.29, 1.82) is 0 Å². The number of carboxylic acid groups (broad SMARTS) is 1. The van der Waals surface area contributed by atoms with Gasteiger partial charge in [-0.15, -0.1) is 0 Å². The van der Waals surface area contributed by atoms with E-state index in [0.29, 0.717) is 30.2 Å². The van der Waals surface area contributed by atoms with Crippen LogP contribution < -0.4 is 10.1 Å². The number of fused-ring (bicyclic) bond motifs is 1.